The Hall–Kier alpha value is -0.120. The molecule has 2 heterocycles. The highest BCUT2D eigenvalue weighted by Gasteiger charge is 2.33. The fourth-order valence-corrected chi connectivity index (χ4v) is 2.95. The van der Waals surface area contributed by atoms with Crippen molar-refractivity contribution in [3.05, 3.63) is 0 Å². The van der Waals surface area contributed by atoms with Crippen LogP contribution in [0.5, 0.6) is 0 Å². The predicted molar refractivity (Wildman–Crippen MR) is 66.4 cm³/mol. The van der Waals surface area contributed by atoms with Crippen molar-refractivity contribution in [3.8, 4) is 0 Å². The van der Waals surface area contributed by atoms with E-state index in [2.05, 4.69) is 31.0 Å². The second-order valence-electron chi connectivity index (χ2n) is 6.61. The van der Waals surface area contributed by atoms with E-state index in [1.165, 1.54) is 19.5 Å². The van der Waals surface area contributed by atoms with E-state index in [4.69, 9.17) is 0 Å². The molecule has 0 aromatic rings. The molecule has 3 heteroatoms. The molecule has 0 saturated carbocycles. The van der Waals surface area contributed by atoms with Gasteiger partial charge in [0.05, 0.1) is 6.10 Å². The molecule has 2 rings (SSSR count). The SMILES string of the molecule is CC(C)(C)C1CCN(CC2CC(O)CN2)C1. The van der Waals surface area contributed by atoms with Crippen molar-refractivity contribution in [2.24, 2.45) is 11.3 Å². The number of hydrogen-bond donors (Lipinski definition) is 2. The zero-order valence-corrected chi connectivity index (χ0v) is 10.9. The minimum absolute atomic E-state index is 0.119. The topological polar surface area (TPSA) is 35.5 Å². The Labute approximate surface area is 99.2 Å². The summed E-state index contributed by atoms with van der Waals surface area (Å²) in [4.78, 5) is 2.56. The van der Waals surface area contributed by atoms with Gasteiger partial charge in [-0.15, -0.1) is 0 Å². The normalized spacial score (nSPS) is 37.1. The van der Waals surface area contributed by atoms with E-state index in [0.29, 0.717) is 11.5 Å². The minimum atomic E-state index is -0.119. The number of rotatable bonds is 2. The first kappa shape index (κ1) is 12.3. The summed E-state index contributed by atoms with van der Waals surface area (Å²) in [6.45, 7) is 11.4. The summed E-state index contributed by atoms with van der Waals surface area (Å²) in [5.74, 6) is 0.832. The number of likely N-dealkylation sites (tertiary alicyclic amines) is 1. The largest absolute Gasteiger partial charge is 0.392 e. The number of nitrogens with zero attached hydrogens (tertiary/aromatic N) is 1. The van der Waals surface area contributed by atoms with Gasteiger partial charge in [-0.25, -0.2) is 0 Å². The maximum absolute atomic E-state index is 9.47. The highest BCUT2D eigenvalue weighted by atomic mass is 16.3. The van der Waals surface area contributed by atoms with Gasteiger partial charge in [0.2, 0.25) is 0 Å². The molecule has 3 nitrogen and oxygen atoms in total. The number of hydrogen-bond acceptors (Lipinski definition) is 3. The summed E-state index contributed by atoms with van der Waals surface area (Å²) in [7, 11) is 0. The molecule has 0 radical (unpaired) electrons. The fourth-order valence-electron chi connectivity index (χ4n) is 2.95. The summed E-state index contributed by atoms with van der Waals surface area (Å²) < 4.78 is 0. The Balaban J connectivity index is 1.77. The lowest BCUT2D eigenvalue weighted by Crippen LogP contribution is -2.37. The van der Waals surface area contributed by atoms with E-state index in [0.717, 1.165) is 25.4 Å². The molecule has 0 spiro atoms. The summed E-state index contributed by atoms with van der Waals surface area (Å²) in [6.07, 6.45) is 2.14. The third-order valence-electron chi connectivity index (χ3n) is 4.17. The number of β-amino-alcohol motifs (C(OH)–C–C–N with tert-alkyl or cyclic N) is 1. The lowest BCUT2D eigenvalue weighted by molar-refractivity contribution is 0.186. The predicted octanol–water partition coefficient (Wildman–Crippen LogP) is 1.08. The van der Waals surface area contributed by atoms with Gasteiger partial charge < -0.3 is 15.3 Å². The van der Waals surface area contributed by atoms with Crippen LogP contribution in [-0.2, 0) is 0 Å². The second kappa shape index (κ2) is 4.63. The van der Waals surface area contributed by atoms with Gasteiger partial charge >= 0.3 is 0 Å². The molecule has 2 saturated heterocycles. The highest BCUT2D eigenvalue weighted by molar-refractivity contribution is 4.88. The monoisotopic (exact) mass is 226 g/mol. The van der Waals surface area contributed by atoms with Gasteiger partial charge in [0.25, 0.3) is 0 Å². The molecular formula is C13H26N2O. The van der Waals surface area contributed by atoms with Crippen molar-refractivity contribution in [2.45, 2.75) is 45.8 Å². The van der Waals surface area contributed by atoms with E-state index >= 15 is 0 Å². The molecule has 0 bridgehead atoms. The Morgan fingerprint density at radius 1 is 1.38 bits per heavy atom. The Morgan fingerprint density at radius 2 is 2.12 bits per heavy atom. The summed E-state index contributed by atoms with van der Waals surface area (Å²) >= 11 is 0. The third kappa shape index (κ3) is 2.96. The van der Waals surface area contributed by atoms with Crippen molar-refractivity contribution in [1.29, 1.82) is 0 Å². The van der Waals surface area contributed by atoms with Crippen LogP contribution in [-0.4, -0.2) is 48.3 Å². The van der Waals surface area contributed by atoms with E-state index < -0.39 is 0 Å². The van der Waals surface area contributed by atoms with Crippen LogP contribution in [0.4, 0.5) is 0 Å². The van der Waals surface area contributed by atoms with Gasteiger partial charge in [-0.05, 0) is 30.7 Å². The number of aliphatic hydroxyl groups excluding tert-OH is 1. The molecule has 0 aromatic heterocycles. The average Bonchev–Trinajstić information content (AvgIpc) is 2.74. The van der Waals surface area contributed by atoms with Crippen LogP contribution < -0.4 is 5.32 Å². The Morgan fingerprint density at radius 3 is 2.62 bits per heavy atom. The molecule has 3 atom stereocenters. The molecule has 16 heavy (non-hydrogen) atoms. The van der Waals surface area contributed by atoms with Gasteiger partial charge in [0, 0.05) is 25.7 Å². The Bertz CT molecular complexity index is 237. The van der Waals surface area contributed by atoms with Gasteiger partial charge in [0.15, 0.2) is 0 Å². The van der Waals surface area contributed by atoms with E-state index in [1.807, 2.05) is 0 Å². The van der Waals surface area contributed by atoms with Crippen LogP contribution >= 0.6 is 0 Å². The maximum Gasteiger partial charge on any atom is 0.0680 e. The van der Waals surface area contributed by atoms with Crippen molar-refractivity contribution in [1.82, 2.24) is 10.2 Å². The van der Waals surface area contributed by atoms with Crippen LogP contribution in [0.25, 0.3) is 0 Å². The van der Waals surface area contributed by atoms with E-state index in [9.17, 15) is 5.11 Å². The van der Waals surface area contributed by atoms with Gasteiger partial charge in [-0.2, -0.15) is 0 Å². The van der Waals surface area contributed by atoms with Gasteiger partial charge in [-0.1, -0.05) is 20.8 Å². The minimum Gasteiger partial charge on any atom is -0.392 e. The van der Waals surface area contributed by atoms with Crippen LogP contribution in [0.3, 0.4) is 0 Å². The molecule has 2 fully saturated rings. The lowest BCUT2D eigenvalue weighted by atomic mass is 9.80. The molecular weight excluding hydrogens is 200 g/mol. The van der Waals surface area contributed by atoms with Crippen molar-refractivity contribution in [2.75, 3.05) is 26.2 Å². The first-order chi connectivity index (χ1) is 7.45. The van der Waals surface area contributed by atoms with Crippen LogP contribution in [0.2, 0.25) is 0 Å². The summed E-state index contributed by atoms with van der Waals surface area (Å²) in [5, 5.41) is 12.9. The molecule has 0 aromatic carbocycles. The standard InChI is InChI=1S/C13H26N2O/c1-13(2,3)10-4-5-15(8-10)9-11-6-12(16)7-14-11/h10-12,14,16H,4-9H2,1-3H3. The van der Waals surface area contributed by atoms with Crippen molar-refractivity contribution >= 4 is 0 Å². The van der Waals surface area contributed by atoms with Crippen molar-refractivity contribution < 1.29 is 5.11 Å². The van der Waals surface area contributed by atoms with Gasteiger partial charge in [0.1, 0.15) is 0 Å². The first-order valence-electron chi connectivity index (χ1n) is 6.59. The average molecular weight is 226 g/mol. The first-order valence-corrected chi connectivity index (χ1v) is 6.59. The van der Waals surface area contributed by atoms with E-state index in [-0.39, 0.29) is 6.10 Å². The summed E-state index contributed by atoms with van der Waals surface area (Å²) in [5.41, 5.74) is 0.442. The molecule has 0 amide bonds. The number of nitrogens with one attached hydrogen (secondary N) is 1. The molecule has 0 aliphatic carbocycles. The quantitative estimate of drug-likeness (QED) is 0.739. The van der Waals surface area contributed by atoms with Crippen LogP contribution in [0.15, 0.2) is 0 Å². The van der Waals surface area contributed by atoms with Crippen molar-refractivity contribution in [3.63, 3.8) is 0 Å². The lowest BCUT2D eigenvalue weighted by Gasteiger charge is -2.27. The molecule has 2 aliphatic rings. The molecule has 2 N–H and O–H groups in total. The molecule has 3 unspecified atom stereocenters. The fraction of sp³-hybridized carbons (Fsp3) is 1.00. The Kier molecular flexibility index (Phi) is 3.57. The zero-order chi connectivity index (χ0) is 11.8. The van der Waals surface area contributed by atoms with Gasteiger partial charge in [-0.3, -0.25) is 0 Å². The third-order valence-corrected chi connectivity index (χ3v) is 4.17. The smallest absolute Gasteiger partial charge is 0.0680 e. The zero-order valence-electron chi connectivity index (χ0n) is 10.9. The van der Waals surface area contributed by atoms with E-state index in [1.54, 1.807) is 0 Å². The number of aliphatic hydroxyl groups is 1. The summed E-state index contributed by atoms with van der Waals surface area (Å²) in [6, 6.07) is 0.508. The van der Waals surface area contributed by atoms with Crippen LogP contribution in [0, 0.1) is 11.3 Å². The molecule has 94 valence electrons. The maximum atomic E-state index is 9.47. The van der Waals surface area contributed by atoms with Crippen LogP contribution in [0.1, 0.15) is 33.6 Å². The molecule has 2 aliphatic heterocycles. The second-order valence-corrected chi connectivity index (χ2v) is 6.61. The highest BCUT2D eigenvalue weighted by Crippen LogP contribution is 2.33.